The monoisotopic (exact) mass is 366 g/mol. The van der Waals surface area contributed by atoms with Crippen LogP contribution in [0.2, 0.25) is 0 Å². The summed E-state index contributed by atoms with van der Waals surface area (Å²) in [5, 5.41) is 3.23. The molecule has 0 spiro atoms. The lowest BCUT2D eigenvalue weighted by molar-refractivity contribution is -0.274. The molecule has 0 saturated carbocycles. The number of benzene rings is 2. The molecule has 2 aromatic carbocycles. The molecule has 0 aliphatic carbocycles. The van der Waals surface area contributed by atoms with Crippen molar-refractivity contribution < 1.29 is 22.3 Å². The summed E-state index contributed by atoms with van der Waals surface area (Å²) in [5.41, 5.74) is 2.29. The average Bonchev–Trinajstić information content (AvgIpc) is 2.74. The highest BCUT2D eigenvalue weighted by molar-refractivity contribution is 6.16. The number of nitrogens with zero attached hydrogens (tertiary/aromatic N) is 1. The Balaban J connectivity index is 2.11. The van der Waals surface area contributed by atoms with Gasteiger partial charge >= 0.3 is 6.36 Å². The highest BCUT2D eigenvalue weighted by Gasteiger charge is 2.32. The van der Waals surface area contributed by atoms with Gasteiger partial charge in [-0.3, -0.25) is 4.99 Å². The maximum Gasteiger partial charge on any atom is 0.573 e. The zero-order chi connectivity index (χ0) is 18.9. The Morgan fingerprint density at radius 3 is 2.42 bits per heavy atom. The molecular weight excluding hydrogens is 348 g/mol. The van der Waals surface area contributed by atoms with Gasteiger partial charge in [0, 0.05) is 23.4 Å². The number of alkyl halides is 3. The minimum atomic E-state index is -4.78. The fourth-order valence-electron chi connectivity index (χ4n) is 2.79. The van der Waals surface area contributed by atoms with Crippen LogP contribution in [-0.4, -0.2) is 24.7 Å². The first-order valence-corrected chi connectivity index (χ1v) is 8.21. The third-order valence-corrected chi connectivity index (χ3v) is 4.16. The van der Waals surface area contributed by atoms with Crippen molar-refractivity contribution in [2.24, 2.45) is 10.9 Å². The topological polar surface area (TPSA) is 33.6 Å². The Morgan fingerprint density at radius 2 is 1.81 bits per heavy atom. The minimum Gasteiger partial charge on any atom is -0.406 e. The summed E-state index contributed by atoms with van der Waals surface area (Å²) < 4.78 is 55.1. The van der Waals surface area contributed by atoms with Gasteiger partial charge in [-0.15, -0.1) is 13.2 Å². The first-order valence-electron chi connectivity index (χ1n) is 8.21. The van der Waals surface area contributed by atoms with Crippen LogP contribution >= 0.6 is 0 Å². The van der Waals surface area contributed by atoms with Gasteiger partial charge in [0.15, 0.2) is 0 Å². The lowest BCUT2D eigenvalue weighted by Gasteiger charge is -2.16. The zero-order valence-electron chi connectivity index (χ0n) is 14.3. The number of fused-ring (bicyclic) bond motifs is 1. The van der Waals surface area contributed by atoms with Crippen molar-refractivity contribution >= 4 is 11.4 Å². The zero-order valence-corrected chi connectivity index (χ0v) is 14.3. The van der Waals surface area contributed by atoms with Gasteiger partial charge in [0.2, 0.25) is 0 Å². The van der Waals surface area contributed by atoms with Crippen LogP contribution in [0.3, 0.4) is 0 Å². The molecule has 3 rings (SSSR count). The molecule has 1 N–H and O–H groups in total. The molecule has 0 aromatic heterocycles. The van der Waals surface area contributed by atoms with Crippen LogP contribution in [0.5, 0.6) is 5.75 Å². The van der Waals surface area contributed by atoms with E-state index in [4.69, 9.17) is 4.99 Å². The van der Waals surface area contributed by atoms with E-state index in [-0.39, 0.29) is 17.7 Å². The van der Waals surface area contributed by atoms with Crippen molar-refractivity contribution in [1.82, 2.24) is 0 Å². The van der Waals surface area contributed by atoms with Gasteiger partial charge in [0.1, 0.15) is 11.6 Å². The third-order valence-electron chi connectivity index (χ3n) is 4.16. The maximum absolute atomic E-state index is 13.3. The number of rotatable bonds is 3. The van der Waals surface area contributed by atoms with E-state index in [0.29, 0.717) is 29.1 Å². The Kier molecular flexibility index (Phi) is 4.89. The van der Waals surface area contributed by atoms with Gasteiger partial charge in [-0.25, -0.2) is 4.39 Å². The SMILES string of the molecule is CC(C)[C@H]1CNc2ccc(OC(F)(F)F)cc2C(c2ccc(F)cc2)=N1. The lowest BCUT2D eigenvalue weighted by Crippen LogP contribution is -2.22. The Labute approximate surface area is 148 Å². The number of nitrogens with one attached hydrogen (secondary N) is 1. The molecule has 138 valence electrons. The van der Waals surface area contributed by atoms with Crippen molar-refractivity contribution in [3.63, 3.8) is 0 Å². The molecule has 0 radical (unpaired) electrons. The van der Waals surface area contributed by atoms with Crippen LogP contribution in [0.4, 0.5) is 23.2 Å². The van der Waals surface area contributed by atoms with E-state index in [0.717, 1.165) is 0 Å². The molecule has 0 unspecified atom stereocenters. The predicted molar refractivity (Wildman–Crippen MR) is 92.3 cm³/mol. The summed E-state index contributed by atoms with van der Waals surface area (Å²) >= 11 is 0. The van der Waals surface area contributed by atoms with Crippen molar-refractivity contribution in [3.8, 4) is 5.75 Å². The molecule has 0 bridgehead atoms. The van der Waals surface area contributed by atoms with Crippen LogP contribution in [0.15, 0.2) is 47.5 Å². The molecule has 0 amide bonds. The number of benzodiazepines with no additional fused rings is 1. The van der Waals surface area contributed by atoms with Crippen molar-refractivity contribution in [2.45, 2.75) is 26.3 Å². The standard InChI is InChI=1S/C19H18F4N2O/c1-11(2)17-10-24-16-8-7-14(26-19(21,22)23)9-15(16)18(25-17)12-3-5-13(20)6-4-12/h3-9,11,17,24H,10H2,1-2H3/t17-/m1/s1. The number of hydrogen-bond donors (Lipinski definition) is 1. The van der Waals surface area contributed by atoms with E-state index in [2.05, 4.69) is 10.1 Å². The van der Waals surface area contributed by atoms with Gasteiger partial charge in [0.25, 0.3) is 0 Å². The van der Waals surface area contributed by atoms with E-state index in [1.165, 1.54) is 30.3 Å². The number of ether oxygens (including phenoxy) is 1. The molecule has 0 fully saturated rings. The van der Waals surface area contributed by atoms with Crippen LogP contribution in [0.25, 0.3) is 0 Å². The van der Waals surface area contributed by atoms with E-state index in [1.54, 1.807) is 12.1 Å². The first-order chi connectivity index (χ1) is 12.2. The number of anilines is 1. The summed E-state index contributed by atoms with van der Waals surface area (Å²) in [5.74, 6) is -0.495. The summed E-state index contributed by atoms with van der Waals surface area (Å²) in [4.78, 5) is 4.75. The van der Waals surface area contributed by atoms with Gasteiger partial charge in [0.05, 0.1) is 11.8 Å². The smallest absolute Gasteiger partial charge is 0.406 e. The molecule has 1 heterocycles. The number of aliphatic imine (C=N–C) groups is 1. The second-order valence-electron chi connectivity index (χ2n) is 6.43. The van der Waals surface area contributed by atoms with Crippen LogP contribution < -0.4 is 10.1 Å². The fraction of sp³-hybridized carbons (Fsp3) is 0.316. The molecule has 1 atom stereocenters. The quantitative estimate of drug-likeness (QED) is 0.775. The minimum absolute atomic E-state index is 0.0746. The molecule has 0 saturated heterocycles. The summed E-state index contributed by atoms with van der Waals surface area (Å²) in [6.07, 6.45) is -4.78. The van der Waals surface area contributed by atoms with E-state index in [1.807, 2.05) is 13.8 Å². The Hall–Kier alpha value is -2.57. The summed E-state index contributed by atoms with van der Waals surface area (Å²) in [7, 11) is 0. The molecule has 2 aromatic rings. The second-order valence-corrected chi connectivity index (χ2v) is 6.43. The maximum atomic E-state index is 13.3. The van der Waals surface area contributed by atoms with E-state index < -0.39 is 12.2 Å². The third kappa shape index (κ3) is 4.15. The lowest BCUT2D eigenvalue weighted by atomic mass is 9.99. The normalized spacial score (nSPS) is 17.2. The van der Waals surface area contributed by atoms with Gasteiger partial charge in [-0.05, 0) is 48.4 Å². The van der Waals surface area contributed by atoms with Crippen LogP contribution in [-0.2, 0) is 0 Å². The molecule has 1 aliphatic rings. The van der Waals surface area contributed by atoms with Crippen LogP contribution in [0.1, 0.15) is 25.0 Å². The van der Waals surface area contributed by atoms with Gasteiger partial charge < -0.3 is 10.1 Å². The molecule has 1 aliphatic heterocycles. The molecule has 3 nitrogen and oxygen atoms in total. The van der Waals surface area contributed by atoms with Crippen molar-refractivity contribution in [3.05, 3.63) is 59.4 Å². The van der Waals surface area contributed by atoms with E-state index in [9.17, 15) is 17.6 Å². The second kappa shape index (κ2) is 6.97. The Morgan fingerprint density at radius 1 is 1.12 bits per heavy atom. The highest BCUT2D eigenvalue weighted by atomic mass is 19.4. The van der Waals surface area contributed by atoms with Crippen molar-refractivity contribution in [1.29, 1.82) is 0 Å². The summed E-state index contributed by atoms with van der Waals surface area (Å²) in [6.45, 7) is 4.59. The van der Waals surface area contributed by atoms with Gasteiger partial charge in [-0.2, -0.15) is 0 Å². The van der Waals surface area contributed by atoms with Crippen LogP contribution in [0, 0.1) is 11.7 Å². The fourth-order valence-corrected chi connectivity index (χ4v) is 2.79. The average molecular weight is 366 g/mol. The predicted octanol–water partition coefficient (Wildman–Crippen LogP) is 5.01. The van der Waals surface area contributed by atoms with Crippen molar-refractivity contribution in [2.75, 3.05) is 11.9 Å². The molecule has 26 heavy (non-hydrogen) atoms. The largest absolute Gasteiger partial charge is 0.573 e. The number of hydrogen-bond acceptors (Lipinski definition) is 3. The molecule has 7 heteroatoms. The van der Waals surface area contributed by atoms with Gasteiger partial charge in [-0.1, -0.05) is 13.8 Å². The molecular formula is C19H18F4N2O. The number of halogens is 4. The Bertz CT molecular complexity index is 813. The first kappa shape index (κ1) is 18.2. The van der Waals surface area contributed by atoms with E-state index >= 15 is 0 Å². The summed E-state index contributed by atoms with van der Waals surface area (Å²) in [6, 6.07) is 9.77. The highest BCUT2D eigenvalue weighted by Crippen LogP contribution is 2.31.